The lowest BCUT2D eigenvalue weighted by Gasteiger charge is -2.08. The van der Waals surface area contributed by atoms with E-state index >= 15 is 0 Å². The van der Waals surface area contributed by atoms with E-state index in [0.717, 1.165) is 12.5 Å². The zero-order valence-electron chi connectivity index (χ0n) is 9.32. The predicted molar refractivity (Wildman–Crippen MR) is 56.2 cm³/mol. The molecule has 15 heavy (non-hydrogen) atoms. The normalized spacial score (nSPS) is 11.6. The highest BCUT2D eigenvalue weighted by molar-refractivity contribution is 5.81. The molecule has 0 bridgehead atoms. The molecule has 0 aromatic heterocycles. The monoisotopic (exact) mass is 214 g/mol. The van der Waals surface area contributed by atoms with E-state index in [9.17, 15) is 9.59 Å². The van der Waals surface area contributed by atoms with Crippen molar-refractivity contribution < 1.29 is 19.1 Å². The molecule has 0 rings (SSSR count). The summed E-state index contributed by atoms with van der Waals surface area (Å²) in [5.74, 6) is -0.725. The van der Waals surface area contributed by atoms with Crippen molar-refractivity contribution in [3.8, 4) is 0 Å². The van der Waals surface area contributed by atoms with Crippen molar-refractivity contribution in [2.45, 2.75) is 26.7 Å². The lowest BCUT2D eigenvalue weighted by atomic mass is 10.1. The molecule has 1 atom stereocenters. The highest BCUT2D eigenvalue weighted by Gasteiger charge is 2.11. The Labute approximate surface area is 90.2 Å². The summed E-state index contributed by atoms with van der Waals surface area (Å²) < 4.78 is 9.67. The Morgan fingerprint density at radius 3 is 2.47 bits per heavy atom. The van der Waals surface area contributed by atoms with Crippen LogP contribution in [-0.4, -0.2) is 25.2 Å². The van der Waals surface area contributed by atoms with Crippen LogP contribution in [0.3, 0.4) is 0 Å². The first-order valence-corrected chi connectivity index (χ1v) is 5.07. The van der Waals surface area contributed by atoms with E-state index in [1.807, 2.05) is 13.8 Å². The fourth-order valence-corrected chi connectivity index (χ4v) is 0.772. The molecule has 0 fully saturated rings. The van der Waals surface area contributed by atoms with Gasteiger partial charge in [0, 0.05) is 12.5 Å². The molecule has 0 aliphatic rings. The summed E-state index contributed by atoms with van der Waals surface area (Å²) in [7, 11) is 0. The molecular weight excluding hydrogens is 196 g/mol. The Kier molecular flexibility index (Phi) is 7.32. The molecule has 0 N–H and O–H groups in total. The van der Waals surface area contributed by atoms with Crippen LogP contribution in [0.15, 0.2) is 12.7 Å². The zero-order valence-corrected chi connectivity index (χ0v) is 9.32. The number of ether oxygens (including phenoxy) is 2. The maximum atomic E-state index is 11.2. The van der Waals surface area contributed by atoms with Crippen LogP contribution in [0.5, 0.6) is 0 Å². The van der Waals surface area contributed by atoms with E-state index in [0.29, 0.717) is 6.42 Å². The van der Waals surface area contributed by atoms with E-state index in [4.69, 9.17) is 9.47 Å². The van der Waals surface area contributed by atoms with Gasteiger partial charge in [-0.2, -0.15) is 0 Å². The summed E-state index contributed by atoms with van der Waals surface area (Å²) in [6.07, 6.45) is 2.39. The largest absolute Gasteiger partial charge is 0.465 e. The van der Waals surface area contributed by atoms with Crippen molar-refractivity contribution in [1.29, 1.82) is 0 Å². The van der Waals surface area contributed by atoms with E-state index in [1.165, 1.54) is 0 Å². The Balaban J connectivity index is 3.42. The number of carbonyl (C=O) groups is 2. The van der Waals surface area contributed by atoms with Crippen LogP contribution >= 0.6 is 0 Å². The first kappa shape index (κ1) is 13.7. The molecule has 0 amide bonds. The Morgan fingerprint density at radius 1 is 1.33 bits per heavy atom. The average Bonchev–Trinajstić information content (AvgIpc) is 2.26. The number of carbonyl (C=O) groups excluding carboxylic acids is 2. The number of rotatable bonds is 7. The number of esters is 2. The molecule has 0 aliphatic heterocycles. The smallest absolute Gasteiger partial charge is 0.330 e. The van der Waals surface area contributed by atoms with Gasteiger partial charge in [0.1, 0.15) is 0 Å². The molecule has 0 spiro atoms. The van der Waals surface area contributed by atoms with Crippen molar-refractivity contribution >= 4 is 11.9 Å². The lowest BCUT2D eigenvalue weighted by Crippen LogP contribution is -2.15. The van der Waals surface area contributed by atoms with Gasteiger partial charge in [-0.05, 0) is 6.42 Å². The maximum Gasteiger partial charge on any atom is 0.330 e. The van der Waals surface area contributed by atoms with Crippen molar-refractivity contribution in [2.24, 2.45) is 5.92 Å². The minimum atomic E-state index is -0.455. The molecule has 4 nitrogen and oxygen atoms in total. The zero-order chi connectivity index (χ0) is 11.7. The second kappa shape index (κ2) is 8.03. The first-order chi connectivity index (χ1) is 7.11. The van der Waals surface area contributed by atoms with Gasteiger partial charge in [-0.25, -0.2) is 4.79 Å². The summed E-state index contributed by atoms with van der Waals surface area (Å²) in [5, 5.41) is 0. The summed E-state index contributed by atoms with van der Waals surface area (Å²) >= 11 is 0. The molecule has 0 aliphatic carbocycles. The molecule has 4 heteroatoms. The van der Waals surface area contributed by atoms with Crippen molar-refractivity contribution in [2.75, 3.05) is 13.2 Å². The predicted octanol–water partition coefficient (Wildman–Crippen LogP) is 1.70. The fourth-order valence-electron chi connectivity index (χ4n) is 0.772. The second-order valence-electron chi connectivity index (χ2n) is 3.20. The summed E-state index contributed by atoms with van der Waals surface area (Å²) in [6.45, 7) is 7.54. The summed E-state index contributed by atoms with van der Waals surface area (Å²) in [6, 6.07) is 0. The molecule has 0 heterocycles. The maximum absolute atomic E-state index is 11.2. The van der Waals surface area contributed by atoms with Gasteiger partial charge in [-0.1, -0.05) is 20.4 Å². The van der Waals surface area contributed by atoms with Gasteiger partial charge in [0.25, 0.3) is 0 Å². The van der Waals surface area contributed by atoms with Gasteiger partial charge >= 0.3 is 11.9 Å². The summed E-state index contributed by atoms with van der Waals surface area (Å²) in [5.41, 5.74) is 0. The van der Waals surface area contributed by atoms with Gasteiger partial charge in [0.2, 0.25) is 0 Å². The number of hydrogen-bond acceptors (Lipinski definition) is 4. The SMILES string of the molecule is C=CC(=O)OCCCOC(=O)C(C)CC. The Morgan fingerprint density at radius 2 is 1.93 bits per heavy atom. The molecule has 1 unspecified atom stereocenters. The average molecular weight is 214 g/mol. The molecule has 0 saturated heterocycles. The van der Waals surface area contributed by atoms with E-state index in [2.05, 4.69) is 6.58 Å². The van der Waals surface area contributed by atoms with Crippen LogP contribution in [0.2, 0.25) is 0 Å². The van der Waals surface area contributed by atoms with Gasteiger partial charge in [-0.15, -0.1) is 0 Å². The van der Waals surface area contributed by atoms with E-state index < -0.39 is 5.97 Å². The Hall–Kier alpha value is -1.32. The number of hydrogen-bond donors (Lipinski definition) is 0. The lowest BCUT2D eigenvalue weighted by molar-refractivity contribution is -0.148. The topological polar surface area (TPSA) is 52.6 Å². The third-order valence-corrected chi connectivity index (χ3v) is 1.96. The first-order valence-electron chi connectivity index (χ1n) is 5.07. The van der Waals surface area contributed by atoms with E-state index in [-0.39, 0.29) is 25.1 Å². The van der Waals surface area contributed by atoms with Gasteiger partial charge in [-0.3, -0.25) is 4.79 Å². The van der Waals surface area contributed by atoms with Crippen LogP contribution in [-0.2, 0) is 19.1 Å². The van der Waals surface area contributed by atoms with Crippen LogP contribution in [0.25, 0.3) is 0 Å². The third-order valence-electron chi connectivity index (χ3n) is 1.96. The highest BCUT2D eigenvalue weighted by atomic mass is 16.5. The molecule has 0 saturated carbocycles. The van der Waals surface area contributed by atoms with Crippen LogP contribution in [0, 0.1) is 5.92 Å². The molecule has 0 aromatic carbocycles. The third kappa shape index (κ3) is 6.71. The molecule has 86 valence electrons. The fraction of sp³-hybridized carbons (Fsp3) is 0.636. The molecule has 0 radical (unpaired) electrons. The minimum absolute atomic E-state index is 0.0688. The van der Waals surface area contributed by atoms with Crippen molar-refractivity contribution in [3.63, 3.8) is 0 Å². The van der Waals surface area contributed by atoms with E-state index in [1.54, 1.807) is 0 Å². The summed E-state index contributed by atoms with van der Waals surface area (Å²) in [4.78, 5) is 21.8. The Bertz CT molecular complexity index is 223. The van der Waals surface area contributed by atoms with Crippen LogP contribution in [0.1, 0.15) is 26.7 Å². The standard InChI is InChI=1S/C11H18O4/c1-4-9(3)11(13)15-8-6-7-14-10(12)5-2/h5,9H,2,4,6-8H2,1,3H3. The van der Waals surface area contributed by atoms with Gasteiger partial charge in [0.05, 0.1) is 19.1 Å². The minimum Gasteiger partial charge on any atom is -0.465 e. The second-order valence-corrected chi connectivity index (χ2v) is 3.20. The van der Waals surface area contributed by atoms with Crippen LogP contribution in [0.4, 0.5) is 0 Å². The molecule has 0 aromatic rings. The van der Waals surface area contributed by atoms with Crippen molar-refractivity contribution in [3.05, 3.63) is 12.7 Å². The molecular formula is C11H18O4. The van der Waals surface area contributed by atoms with Crippen molar-refractivity contribution in [1.82, 2.24) is 0 Å². The highest BCUT2D eigenvalue weighted by Crippen LogP contribution is 2.03. The quantitative estimate of drug-likeness (QED) is 0.367. The van der Waals surface area contributed by atoms with Crippen LogP contribution < -0.4 is 0 Å². The van der Waals surface area contributed by atoms with Gasteiger partial charge < -0.3 is 9.47 Å². The van der Waals surface area contributed by atoms with Gasteiger partial charge in [0.15, 0.2) is 0 Å².